The number of nitrogens with one attached hydrogen (secondary N) is 1. The van der Waals surface area contributed by atoms with E-state index in [2.05, 4.69) is 15.9 Å². The molecular weight excluding hydrogens is 298 g/mol. The minimum absolute atomic E-state index is 0.228. The van der Waals surface area contributed by atoms with Crippen LogP contribution in [-0.4, -0.2) is 27.7 Å². The van der Waals surface area contributed by atoms with Crippen molar-refractivity contribution in [2.75, 3.05) is 13.4 Å². The molecule has 0 saturated heterocycles. The molecule has 0 aliphatic heterocycles. The molecule has 0 fully saturated rings. The molecule has 1 amide bonds. The Balaban J connectivity index is 3.01. The summed E-state index contributed by atoms with van der Waals surface area (Å²) < 4.78 is 29.0. The van der Waals surface area contributed by atoms with Crippen LogP contribution in [0.5, 0.6) is 5.75 Å². The number of benzene rings is 1. The Bertz CT molecular complexity index is 512. The Morgan fingerprint density at radius 2 is 2.06 bits per heavy atom. The first-order valence-corrected chi connectivity index (χ1v) is 6.87. The highest BCUT2D eigenvalue weighted by molar-refractivity contribution is 9.10. The minimum atomic E-state index is -3.56. The molecule has 88 valence electrons. The maximum absolute atomic E-state index is 11.5. The number of ether oxygens (including phenoxy) is 1. The molecule has 0 unspecified atom stereocenters. The Morgan fingerprint density at radius 3 is 2.50 bits per heavy atom. The molecule has 0 aromatic heterocycles. The van der Waals surface area contributed by atoms with E-state index in [1.165, 1.54) is 13.2 Å². The number of sulfonamides is 1. The Labute approximate surface area is 102 Å². The van der Waals surface area contributed by atoms with E-state index >= 15 is 0 Å². The van der Waals surface area contributed by atoms with Crippen molar-refractivity contribution in [3.8, 4) is 5.75 Å². The third-order valence-electron chi connectivity index (χ3n) is 1.70. The van der Waals surface area contributed by atoms with Gasteiger partial charge in [-0.2, -0.15) is 0 Å². The second-order valence-electron chi connectivity index (χ2n) is 3.05. The molecule has 16 heavy (non-hydrogen) atoms. The molecule has 0 spiro atoms. The van der Waals surface area contributed by atoms with Gasteiger partial charge in [-0.1, -0.05) is 0 Å². The summed E-state index contributed by atoms with van der Waals surface area (Å²) in [7, 11) is -2.06. The van der Waals surface area contributed by atoms with E-state index in [0.29, 0.717) is 10.2 Å². The second-order valence-corrected chi connectivity index (χ2v) is 5.65. The summed E-state index contributed by atoms with van der Waals surface area (Å²) in [6.45, 7) is 0. The van der Waals surface area contributed by atoms with Crippen LogP contribution in [0.3, 0.4) is 0 Å². The van der Waals surface area contributed by atoms with Gasteiger partial charge in [-0.15, -0.1) is 0 Å². The quantitative estimate of drug-likeness (QED) is 0.909. The van der Waals surface area contributed by atoms with Crippen LogP contribution in [0.15, 0.2) is 22.7 Å². The lowest BCUT2D eigenvalue weighted by molar-refractivity contribution is 0.0981. The van der Waals surface area contributed by atoms with Crippen LogP contribution >= 0.6 is 15.9 Å². The Morgan fingerprint density at radius 1 is 1.44 bits per heavy atom. The Kier molecular flexibility index (Phi) is 3.93. The van der Waals surface area contributed by atoms with Gasteiger partial charge < -0.3 is 4.74 Å². The molecule has 0 saturated carbocycles. The van der Waals surface area contributed by atoms with Gasteiger partial charge >= 0.3 is 0 Å². The van der Waals surface area contributed by atoms with Gasteiger partial charge in [-0.25, -0.2) is 13.1 Å². The molecule has 7 heteroatoms. The maximum atomic E-state index is 11.5. The van der Waals surface area contributed by atoms with E-state index in [0.717, 1.165) is 6.26 Å². The van der Waals surface area contributed by atoms with Crippen LogP contribution in [0.1, 0.15) is 10.4 Å². The number of hydrogen-bond acceptors (Lipinski definition) is 4. The van der Waals surface area contributed by atoms with E-state index in [-0.39, 0.29) is 5.56 Å². The number of carbonyl (C=O) groups is 1. The summed E-state index contributed by atoms with van der Waals surface area (Å²) in [6.07, 6.45) is 0.919. The minimum Gasteiger partial charge on any atom is -0.497 e. The van der Waals surface area contributed by atoms with Crippen molar-refractivity contribution in [1.82, 2.24) is 4.72 Å². The topological polar surface area (TPSA) is 72.5 Å². The summed E-state index contributed by atoms with van der Waals surface area (Å²) in [6, 6.07) is 4.63. The number of halogens is 1. The molecule has 0 heterocycles. The fourth-order valence-electron chi connectivity index (χ4n) is 1.03. The smallest absolute Gasteiger partial charge is 0.265 e. The summed E-state index contributed by atoms with van der Waals surface area (Å²) in [5.74, 6) is -0.111. The van der Waals surface area contributed by atoms with E-state index in [9.17, 15) is 13.2 Å². The van der Waals surface area contributed by atoms with Gasteiger partial charge in [0, 0.05) is 4.47 Å². The average Bonchev–Trinajstić information content (AvgIpc) is 2.14. The average molecular weight is 308 g/mol. The highest BCUT2D eigenvalue weighted by Crippen LogP contribution is 2.22. The molecule has 0 bridgehead atoms. The predicted octanol–water partition coefficient (Wildman–Crippen LogP) is 1.15. The number of hydrogen-bond donors (Lipinski definition) is 1. The third kappa shape index (κ3) is 3.49. The van der Waals surface area contributed by atoms with Gasteiger partial charge in [0.05, 0.1) is 18.9 Å². The zero-order valence-corrected chi connectivity index (χ0v) is 11.1. The monoisotopic (exact) mass is 307 g/mol. The molecule has 1 rings (SSSR count). The molecule has 0 radical (unpaired) electrons. The van der Waals surface area contributed by atoms with Crippen molar-refractivity contribution in [3.05, 3.63) is 28.2 Å². The van der Waals surface area contributed by atoms with Crippen LogP contribution in [0.25, 0.3) is 0 Å². The van der Waals surface area contributed by atoms with Crippen LogP contribution < -0.4 is 9.46 Å². The van der Waals surface area contributed by atoms with E-state index in [4.69, 9.17) is 4.74 Å². The van der Waals surface area contributed by atoms with Crippen LogP contribution in [0, 0.1) is 0 Å². The molecule has 0 atom stereocenters. The first kappa shape index (κ1) is 13.0. The summed E-state index contributed by atoms with van der Waals surface area (Å²) in [5.41, 5.74) is 0.228. The fourth-order valence-corrected chi connectivity index (χ4v) is 2.01. The van der Waals surface area contributed by atoms with Crippen molar-refractivity contribution in [2.45, 2.75) is 0 Å². The number of carbonyl (C=O) groups excluding carboxylic acids is 1. The number of rotatable bonds is 3. The van der Waals surface area contributed by atoms with Crippen LogP contribution in [-0.2, 0) is 10.0 Å². The SMILES string of the molecule is COc1ccc(C(=O)NS(C)(=O)=O)c(Br)c1. The summed E-state index contributed by atoms with van der Waals surface area (Å²) in [5, 5.41) is 0. The maximum Gasteiger partial charge on any atom is 0.265 e. The van der Waals surface area contributed by atoms with Crippen LogP contribution in [0.2, 0.25) is 0 Å². The highest BCUT2D eigenvalue weighted by Gasteiger charge is 2.14. The van der Waals surface area contributed by atoms with Gasteiger partial charge in [0.25, 0.3) is 5.91 Å². The molecule has 1 aromatic rings. The highest BCUT2D eigenvalue weighted by atomic mass is 79.9. The van der Waals surface area contributed by atoms with E-state index < -0.39 is 15.9 Å². The van der Waals surface area contributed by atoms with Gasteiger partial charge in [0.1, 0.15) is 5.75 Å². The van der Waals surface area contributed by atoms with Gasteiger partial charge in [-0.05, 0) is 34.1 Å². The molecule has 1 N–H and O–H groups in total. The molecule has 1 aromatic carbocycles. The summed E-state index contributed by atoms with van der Waals surface area (Å²) >= 11 is 3.16. The third-order valence-corrected chi connectivity index (χ3v) is 2.91. The lowest BCUT2D eigenvalue weighted by atomic mass is 10.2. The van der Waals surface area contributed by atoms with Gasteiger partial charge in [0.15, 0.2) is 0 Å². The Hall–Kier alpha value is -1.08. The zero-order chi connectivity index (χ0) is 12.3. The standard InChI is InChI=1S/C9H10BrNO4S/c1-15-6-3-4-7(8(10)5-6)9(12)11-16(2,13)14/h3-5H,1-2H3,(H,11,12). The second kappa shape index (κ2) is 4.84. The van der Waals surface area contributed by atoms with Crippen molar-refractivity contribution >= 4 is 31.9 Å². The first-order chi connectivity index (χ1) is 7.33. The van der Waals surface area contributed by atoms with Gasteiger partial charge in [-0.3, -0.25) is 4.79 Å². The molecule has 0 aliphatic rings. The van der Waals surface area contributed by atoms with Crippen molar-refractivity contribution in [2.24, 2.45) is 0 Å². The zero-order valence-electron chi connectivity index (χ0n) is 8.65. The van der Waals surface area contributed by atoms with Gasteiger partial charge in [0.2, 0.25) is 10.0 Å². The lowest BCUT2D eigenvalue weighted by Crippen LogP contribution is -2.29. The van der Waals surface area contributed by atoms with Crippen LogP contribution in [0.4, 0.5) is 0 Å². The summed E-state index contributed by atoms with van der Waals surface area (Å²) in [4.78, 5) is 11.5. The molecular formula is C9H10BrNO4S. The molecule has 5 nitrogen and oxygen atoms in total. The van der Waals surface area contributed by atoms with Crippen molar-refractivity contribution in [1.29, 1.82) is 0 Å². The molecule has 0 aliphatic carbocycles. The lowest BCUT2D eigenvalue weighted by Gasteiger charge is -2.06. The predicted molar refractivity (Wildman–Crippen MR) is 63.0 cm³/mol. The largest absolute Gasteiger partial charge is 0.497 e. The first-order valence-electron chi connectivity index (χ1n) is 4.19. The normalized spacial score (nSPS) is 10.9. The van der Waals surface area contributed by atoms with E-state index in [1.807, 2.05) is 4.72 Å². The van der Waals surface area contributed by atoms with Crippen molar-refractivity contribution in [3.63, 3.8) is 0 Å². The van der Waals surface area contributed by atoms with Crippen molar-refractivity contribution < 1.29 is 17.9 Å². The fraction of sp³-hybridized carbons (Fsp3) is 0.222. The van der Waals surface area contributed by atoms with E-state index in [1.54, 1.807) is 12.1 Å². The number of methoxy groups -OCH3 is 1. The number of amides is 1.